The quantitative estimate of drug-likeness (QED) is 0.830. The maximum Gasteiger partial charge on any atom is 0.321 e. The molecule has 0 atom stereocenters. The number of hydrogen-bond donors (Lipinski definition) is 1. The molecule has 1 fully saturated rings. The summed E-state index contributed by atoms with van der Waals surface area (Å²) in [5, 5.41) is 2.89. The van der Waals surface area contributed by atoms with Crippen molar-refractivity contribution >= 4 is 11.7 Å². The van der Waals surface area contributed by atoms with Crippen LogP contribution in [-0.4, -0.2) is 44.3 Å². The molecule has 0 saturated carbocycles. The van der Waals surface area contributed by atoms with Crippen molar-refractivity contribution in [2.45, 2.75) is 12.8 Å². The number of hydrogen-bond acceptors (Lipinski definition) is 3. The van der Waals surface area contributed by atoms with E-state index in [0.717, 1.165) is 37.4 Å². The van der Waals surface area contributed by atoms with Gasteiger partial charge in [-0.15, -0.1) is 0 Å². The lowest BCUT2D eigenvalue weighted by Gasteiger charge is -2.16. The Balaban J connectivity index is 1.88. The Hall–Kier alpha value is -1.75. The van der Waals surface area contributed by atoms with E-state index < -0.39 is 0 Å². The molecule has 2 amide bonds. The lowest BCUT2D eigenvalue weighted by molar-refractivity contribution is 0.146. The Morgan fingerprint density at radius 1 is 1.32 bits per heavy atom. The minimum atomic E-state index is -0.0356. The van der Waals surface area contributed by atoms with E-state index in [1.54, 1.807) is 7.11 Å². The minimum Gasteiger partial charge on any atom is -0.491 e. The molecule has 1 aliphatic heterocycles. The summed E-state index contributed by atoms with van der Waals surface area (Å²) in [6, 6.07) is 7.37. The van der Waals surface area contributed by atoms with Crippen molar-refractivity contribution in [3.8, 4) is 5.75 Å². The van der Waals surface area contributed by atoms with Gasteiger partial charge in [-0.05, 0) is 25.0 Å². The van der Waals surface area contributed by atoms with Crippen LogP contribution in [0.4, 0.5) is 10.5 Å². The summed E-state index contributed by atoms with van der Waals surface area (Å²) >= 11 is 0. The third-order valence-electron chi connectivity index (χ3n) is 3.03. The fraction of sp³-hybridized carbons (Fsp3) is 0.500. The number of anilines is 1. The number of benzene rings is 1. The Bertz CT molecular complexity index is 417. The molecule has 1 saturated heterocycles. The summed E-state index contributed by atoms with van der Waals surface area (Å²) in [5.41, 5.74) is 0.756. The number of methoxy groups -OCH3 is 1. The lowest BCUT2D eigenvalue weighted by atomic mass is 10.3. The third kappa shape index (κ3) is 4.13. The number of likely N-dealkylation sites (tertiary alicyclic amines) is 1. The molecule has 0 unspecified atom stereocenters. The molecule has 0 bridgehead atoms. The Labute approximate surface area is 113 Å². The molecule has 0 spiro atoms. The Morgan fingerprint density at radius 2 is 2.11 bits per heavy atom. The predicted octanol–water partition coefficient (Wildman–Crippen LogP) is 2.34. The van der Waals surface area contributed by atoms with E-state index in [-0.39, 0.29) is 6.03 Å². The smallest absolute Gasteiger partial charge is 0.321 e. The van der Waals surface area contributed by atoms with Crippen LogP contribution in [0.3, 0.4) is 0 Å². The average Bonchev–Trinajstić information content (AvgIpc) is 2.93. The van der Waals surface area contributed by atoms with Crippen LogP contribution in [0.25, 0.3) is 0 Å². The zero-order valence-electron chi connectivity index (χ0n) is 11.2. The number of urea groups is 1. The number of nitrogens with one attached hydrogen (secondary N) is 1. The van der Waals surface area contributed by atoms with Gasteiger partial charge in [0, 0.05) is 32.0 Å². The van der Waals surface area contributed by atoms with Crippen molar-refractivity contribution < 1.29 is 14.3 Å². The van der Waals surface area contributed by atoms with E-state index in [9.17, 15) is 4.79 Å². The van der Waals surface area contributed by atoms with Crippen LogP contribution in [0.5, 0.6) is 5.75 Å². The second-order valence-corrected chi connectivity index (χ2v) is 4.49. The van der Waals surface area contributed by atoms with Crippen LogP contribution < -0.4 is 10.1 Å². The first-order valence-electron chi connectivity index (χ1n) is 6.57. The van der Waals surface area contributed by atoms with Crippen LogP contribution in [0.15, 0.2) is 24.3 Å². The van der Waals surface area contributed by atoms with Gasteiger partial charge in [0.05, 0.1) is 6.61 Å². The lowest BCUT2D eigenvalue weighted by Crippen LogP contribution is -2.32. The molecule has 0 radical (unpaired) electrons. The summed E-state index contributed by atoms with van der Waals surface area (Å²) < 4.78 is 10.4. The molecule has 1 aliphatic rings. The SMILES string of the molecule is COCCOc1cccc(NC(=O)N2CCCC2)c1. The molecule has 1 aromatic rings. The van der Waals surface area contributed by atoms with Gasteiger partial charge in [0.2, 0.25) is 0 Å². The number of ether oxygens (including phenoxy) is 2. The first-order chi connectivity index (χ1) is 9.29. The van der Waals surface area contributed by atoms with Crippen molar-refractivity contribution in [2.24, 2.45) is 0 Å². The van der Waals surface area contributed by atoms with E-state index in [4.69, 9.17) is 9.47 Å². The molecule has 104 valence electrons. The Kier molecular flexibility index (Phi) is 5.03. The predicted molar refractivity (Wildman–Crippen MR) is 73.6 cm³/mol. The molecule has 1 aromatic carbocycles. The van der Waals surface area contributed by atoms with Crippen molar-refractivity contribution in [3.05, 3.63) is 24.3 Å². The first kappa shape index (κ1) is 13.7. The zero-order chi connectivity index (χ0) is 13.5. The van der Waals surface area contributed by atoms with Crippen molar-refractivity contribution in [1.29, 1.82) is 0 Å². The van der Waals surface area contributed by atoms with Gasteiger partial charge < -0.3 is 19.7 Å². The second-order valence-electron chi connectivity index (χ2n) is 4.49. The number of nitrogens with zero attached hydrogens (tertiary/aromatic N) is 1. The van der Waals surface area contributed by atoms with E-state index in [1.807, 2.05) is 29.2 Å². The van der Waals surface area contributed by atoms with Gasteiger partial charge in [0.1, 0.15) is 12.4 Å². The highest BCUT2D eigenvalue weighted by Crippen LogP contribution is 2.18. The average molecular weight is 264 g/mol. The highest BCUT2D eigenvalue weighted by Gasteiger charge is 2.17. The second kappa shape index (κ2) is 6.99. The van der Waals surface area contributed by atoms with Crippen LogP contribution >= 0.6 is 0 Å². The highest BCUT2D eigenvalue weighted by molar-refractivity contribution is 5.89. The summed E-state index contributed by atoms with van der Waals surface area (Å²) in [4.78, 5) is 13.8. The van der Waals surface area contributed by atoms with Gasteiger partial charge in [-0.3, -0.25) is 0 Å². The number of amides is 2. The fourth-order valence-electron chi connectivity index (χ4n) is 2.03. The molecule has 0 aromatic heterocycles. The fourth-order valence-corrected chi connectivity index (χ4v) is 2.03. The van der Waals surface area contributed by atoms with Gasteiger partial charge in [-0.25, -0.2) is 4.79 Å². The van der Waals surface area contributed by atoms with Gasteiger partial charge in [-0.2, -0.15) is 0 Å². The van der Waals surface area contributed by atoms with E-state index in [1.165, 1.54) is 0 Å². The topological polar surface area (TPSA) is 50.8 Å². The molecule has 1 N–H and O–H groups in total. The zero-order valence-corrected chi connectivity index (χ0v) is 11.2. The van der Waals surface area contributed by atoms with Crippen LogP contribution in [0.1, 0.15) is 12.8 Å². The van der Waals surface area contributed by atoms with Crippen molar-refractivity contribution in [2.75, 3.05) is 38.7 Å². The van der Waals surface area contributed by atoms with E-state index in [0.29, 0.717) is 13.2 Å². The standard InChI is InChI=1S/C14H20N2O3/c1-18-9-10-19-13-6-4-5-12(11-13)15-14(17)16-7-2-3-8-16/h4-6,11H,2-3,7-10H2,1H3,(H,15,17). The van der Waals surface area contributed by atoms with Gasteiger partial charge >= 0.3 is 6.03 Å². The molecule has 0 aliphatic carbocycles. The van der Waals surface area contributed by atoms with E-state index in [2.05, 4.69) is 5.32 Å². The molecule has 2 rings (SSSR count). The Morgan fingerprint density at radius 3 is 2.84 bits per heavy atom. The van der Waals surface area contributed by atoms with Crippen molar-refractivity contribution in [3.63, 3.8) is 0 Å². The largest absolute Gasteiger partial charge is 0.491 e. The maximum atomic E-state index is 11.9. The summed E-state index contributed by atoms with van der Waals surface area (Å²) in [7, 11) is 1.63. The summed E-state index contributed by atoms with van der Waals surface area (Å²) in [5.74, 6) is 0.733. The van der Waals surface area contributed by atoms with E-state index >= 15 is 0 Å². The number of carbonyl (C=O) groups excluding carboxylic acids is 1. The van der Waals surface area contributed by atoms with Gasteiger partial charge in [0.15, 0.2) is 0 Å². The minimum absolute atomic E-state index is 0.0356. The molecule has 1 heterocycles. The van der Waals surface area contributed by atoms with Crippen LogP contribution in [0, 0.1) is 0 Å². The monoisotopic (exact) mass is 264 g/mol. The molecule has 19 heavy (non-hydrogen) atoms. The molecular formula is C14H20N2O3. The third-order valence-corrected chi connectivity index (χ3v) is 3.03. The molecule has 5 nitrogen and oxygen atoms in total. The number of rotatable bonds is 5. The molecule has 5 heteroatoms. The van der Waals surface area contributed by atoms with Crippen LogP contribution in [0.2, 0.25) is 0 Å². The van der Waals surface area contributed by atoms with Gasteiger partial charge in [0.25, 0.3) is 0 Å². The number of carbonyl (C=O) groups is 1. The van der Waals surface area contributed by atoms with Crippen molar-refractivity contribution in [1.82, 2.24) is 4.90 Å². The first-order valence-corrected chi connectivity index (χ1v) is 6.57. The maximum absolute atomic E-state index is 11.9. The van der Waals surface area contributed by atoms with Gasteiger partial charge in [-0.1, -0.05) is 6.07 Å². The summed E-state index contributed by atoms with van der Waals surface area (Å²) in [6.07, 6.45) is 2.18. The van der Waals surface area contributed by atoms with Crippen LogP contribution in [-0.2, 0) is 4.74 Å². The normalized spacial score (nSPS) is 14.5. The molecular weight excluding hydrogens is 244 g/mol. The highest BCUT2D eigenvalue weighted by atomic mass is 16.5. The summed E-state index contributed by atoms with van der Waals surface area (Å²) in [6.45, 7) is 2.73.